The number of hydrogen-bond acceptors (Lipinski definition) is 4. The zero-order valence-corrected chi connectivity index (χ0v) is 14.8. The van der Waals surface area contributed by atoms with E-state index in [4.69, 9.17) is 4.74 Å². The summed E-state index contributed by atoms with van der Waals surface area (Å²) in [7, 11) is 1.61. The van der Waals surface area contributed by atoms with Crippen LogP contribution in [0.4, 0.5) is 5.69 Å². The number of nitrogens with zero attached hydrogens (tertiary/aromatic N) is 1. The molecule has 2 atom stereocenters. The van der Waals surface area contributed by atoms with Gasteiger partial charge >= 0.3 is 0 Å². The number of nitrogens with one attached hydrogen (secondary N) is 2. The van der Waals surface area contributed by atoms with Gasteiger partial charge in [0.1, 0.15) is 5.75 Å². The zero-order chi connectivity index (χ0) is 17.6. The molecule has 2 saturated heterocycles. The summed E-state index contributed by atoms with van der Waals surface area (Å²) in [5.74, 6) is 1.13. The zero-order valence-electron chi connectivity index (χ0n) is 14.8. The van der Waals surface area contributed by atoms with Crippen molar-refractivity contribution in [3.05, 3.63) is 24.3 Å². The summed E-state index contributed by atoms with van der Waals surface area (Å²) >= 11 is 0. The van der Waals surface area contributed by atoms with E-state index in [1.807, 2.05) is 24.3 Å². The van der Waals surface area contributed by atoms with Crippen LogP contribution in [-0.4, -0.2) is 45.1 Å². The second-order valence-corrected chi connectivity index (χ2v) is 6.90. The maximum absolute atomic E-state index is 12.4. The topological polar surface area (TPSA) is 70.7 Å². The third kappa shape index (κ3) is 4.51. The summed E-state index contributed by atoms with van der Waals surface area (Å²) < 4.78 is 5.14. The lowest BCUT2D eigenvalue weighted by molar-refractivity contribution is -0.126. The van der Waals surface area contributed by atoms with Gasteiger partial charge < -0.3 is 20.3 Å². The number of rotatable bonds is 6. The molecule has 2 amide bonds. The average molecular weight is 345 g/mol. The predicted octanol–water partition coefficient (Wildman–Crippen LogP) is 1.55. The smallest absolute Gasteiger partial charge is 0.227 e. The van der Waals surface area contributed by atoms with Gasteiger partial charge in [0.2, 0.25) is 11.8 Å². The van der Waals surface area contributed by atoms with Crippen LogP contribution in [0.15, 0.2) is 24.3 Å². The van der Waals surface area contributed by atoms with Gasteiger partial charge in [-0.2, -0.15) is 0 Å². The molecule has 1 aromatic carbocycles. The monoisotopic (exact) mass is 345 g/mol. The minimum absolute atomic E-state index is 0.00166. The Labute approximate surface area is 148 Å². The lowest BCUT2D eigenvalue weighted by Gasteiger charge is -2.23. The first-order valence-corrected chi connectivity index (χ1v) is 9.10. The third-order valence-corrected chi connectivity index (χ3v) is 5.13. The molecule has 2 fully saturated rings. The highest BCUT2D eigenvalue weighted by atomic mass is 16.5. The van der Waals surface area contributed by atoms with Crippen LogP contribution in [0.1, 0.15) is 25.7 Å². The van der Waals surface area contributed by atoms with Crippen molar-refractivity contribution in [2.75, 3.05) is 38.2 Å². The van der Waals surface area contributed by atoms with Crippen LogP contribution in [0.3, 0.4) is 0 Å². The Balaban J connectivity index is 1.48. The van der Waals surface area contributed by atoms with Crippen molar-refractivity contribution < 1.29 is 14.3 Å². The Hall–Kier alpha value is -2.08. The predicted molar refractivity (Wildman–Crippen MR) is 96.7 cm³/mol. The Morgan fingerprint density at radius 2 is 2.16 bits per heavy atom. The average Bonchev–Trinajstić information content (AvgIpc) is 3.04. The molecule has 3 rings (SSSR count). The summed E-state index contributed by atoms with van der Waals surface area (Å²) in [6.07, 6.45) is 3.73. The van der Waals surface area contributed by atoms with E-state index in [-0.39, 0.29) is 24.2 Å². The van der Waals surface area contributed by atoms with Crippen LogP contribution >= 0.6 is 0 Å². The molecule has 2 aliphatic heterocycles. The molecule has 2 heterocycles. The van der Waals surface area contributed by atoms with Crippen molar-refractivity contribution in [2.24, 2.45) is 11.8 Å². The van der Waals surface area contributed by atoms with Crippen LogP contribution in [0.5, 0.6) is 5.75 Å². The van der Waals surface area contributed by atoms with Gasteiger partial charge in [0.15, 0.2) is 0 Å². The first kappa shape index (κ1) is 17.7. The van der Waals surface area contributed by atoms with Crippen LogP contribution in [0, 0.1) is 11.8 Å². The number of carbonyl (C=O) groups excluding carboxylic acids is 2. The molecule has 25 heavy (non-hydrogen) atoms. The van der Waals surface area contributed by atoms with Crippen LogP contribution in [0.2, 0.25) is 0 Å². The molecule has 6 nitrogen and oxygen atoms in total. The van der Waals surface area contributed by atoms with Crippen molar-refractivity contribution in [3.8, 4) is 5.75 Å². The summed E-state index contributed by atoms with van der Waals surface area (Å²) in [5, 5.41) is 6.41. The van der Waals surface area contributed by atoms with Gasteiger partial charge in [0.25, 0.3) is 0 Å². The number of methoxy groups -OCH3 is 1. The van der Waals surface area contributed by atoms with Crippen molar-refractivity contribution >= 4 is 17.5 Å². The molecule has 0 radical (unpaired) electrons. The van der Waals surface area contributed by atoms with Gasteiger partial charge in [0.05, 0.1) is 13.0 Å². The molecule has 0 aromatic heterocycles. The third-order valence-electron chi connectivity index (χ3n) is 5.13. The number of ether oxygens (including phenoxy) is 1. The van der Waals surface area contributed by atoms with Gasteiger partial charge in [-0.25, -0.2) is 0 Å². The fourth-order valence-corrected chi connectivity index (χ4v) is 3.61. The maximum Gasteiger partial charge on any atom is 0.227 e. The molecule has 0 spiro atoms. The van der Waals surface area contributed by atoms with E-state index in [9.17, 15) is 9.59 Å². The number of hydrogen-bond donors (Lipinski definition) is 2. The molecule has 0 saturated carbocycles. The normalized spacial score (nSPS) is 23.6. The van der Waals surface area contributed by atoms with E-state index in [0.29, 0.717) is 19.0 Å². The van der Waals surface area contributed by atoms with Gasteiger partial charge in [-0.3, -0.25) is 9.59 Å². The van der Waals surface area contributed by atoms with Crippen LogP contribution in [0.25, 0.3) is 0 Å². The van der Waals surface area contributed by atoms with Gasteiger partial charge in [-0.05, 0) is 62.5 Å². The Kier molecular flexibility index (Phi) is 5.91. The molecule has 0 bridgehead atoms. The van der Waals surface area contributed by atoms with E-state index in [2.05, 4.69) is 10.6 Å². The van der Waals surface area contributed by atoms with E-state index in [1.165, 1.54) is 12.8 Å². The van der Waals surface area contributed by atoms with Crippen LogP contribution in [-0.2, 0) is 9.59 Å². The van der Waals surface area contributed by atoms with Crippen molar-refractivity contribution in [2.45, 2.75) is 25.7 Å². The van der Waals surface area contributed by atoms with Gasteiger partial charge in [0, 0.05) is 25.2 Å². The molecular weight excluding hydrogens is 318 g/mol. The molecule has 6 heteroatoms. The fourth-order valence-electron chi connectivity index (χ4n) is 3.61. The molecule has 0 aliphatic carbocycles. The SMILES string of the molecule is COc1ccc(N2CC(C(=O)NCCC3CCCNC3)CC2=O)cc1. The highest BCUT2D eigenvalue weighted by molar-refractivity contribution is 6.00. The van der Waals surface area contributed by atoms with Crippen molar-refractivity contribution in [1.29, 1.82) is 0 Å². The Morgan fingerprint density at radius 3 is 2.84 bits per heavy atom. The number of piperidine rings is 1. The fraction of sp³-hybridized carbons (Fsp3) is 0.579. The summed E-state index contributed by atoms with van der Waals surface area (Å²) in [5.41, 5.74) is 0.814. The molecule has 136 valence electrons. The van der Waals surface area contributed by atoms with Crippen molar-refractivity contribution in [1.82, 2.24) is 10.6 Å². The Morgan fingerprint density at radius 1 is 1.36 bits per heavy atom. The molecule has 2 unspecified atom stereocenters. The standard InChI is InChI=1S/C19H27N3O3/c1-25-17-6-4-16(5-7-17)22-13-15(11-18(22)23)19(24)21-10-8-14-3-2-9-20-12-14/h4-7,14-15,20H,2-3,8-13H2,1H3,(H,21,24). The van der Waals surface area contributed by atoms with E-state index >= 15 is 0 Å². The number of carbonyl (C=O) groups is 2. The molecule has 2 aliphatic rings. The van der Waals surface area contributed by atoms with Crippen LogP contribution < -0.4 is 20.3 Å². The maximum atomic E-state index is 12.4. The molecule has 1 aromatic rings. The van der Waals surface area contributed by atoms with E-state index in [0.717, 1.165) is 30.9 Å². The summed E-state index contributed by atoms with van der Waals surface area (Å²) in [6, 6.07) is 7.36. The Bertz CT molecular complexity index is 596. The summed E-state index contributed by atoms with van der Waals surface area (Å²) in [4.78, 5) is 26.3. The lowest BCUT2D eigenvalue weighted by atomic mass is 9.96. The minimum atomic E-state index is -0.265. The highest BCUT2D eigenvalue weighted by Crippen LogP contribution is 2.27. The molecule has 2 N–H and O–H groups in total. The van der Waals surface area contributed by atoms with Gasteiger partial charge in [-0.1, -0.05) is 0 Å². The molecular formula is C19H27N3O3. The lowest BCUT2D eigenvalue weighted by Crippen LogP contribution is -2.36. The number of anilines is 1. The quantitative estimate of drug-likeness (QED) is 0.821. The first-order valence-electron chi connectivity index (χ1n) is 9.10. The highest BCUT2D eigenvalue weighted by Gasteiger charge is 2.35. The largest absolute Gasteiger partial charge is 0.497 e. The minimum Gasteiger partial charge on any atom is -0.497 e. The van der Waals surface area contributed by atoms with E-state index in [1.54, 1.807) is 12.0 Å². The second kappa shape index (κ2) is 8.34. The number of amides is 2. The number of benzene rings is 1. The first-order chi connectivity index (χ1) is 12.2. The van der Waals surface area contributed by atoms with E-state index < -0.39 is 0 Å². The summed E-state index contributed by atoms with van der Waals surface area (Å²) in [6.45, 7) is 3.29. The second-order valence-electron chi connectivity index (χ2n) is 6.90. The van der Waals surface area contributed by atoms with Gasteiger partial charge in [-0.15, -0.1) is 0 Å². The van der Waals surface area contributed by atoms with Crippen molar-refractivity contribution in [3.63, 3.8) is 0 Å².